The summed E-state index contributed by atoms with van der Waals surface area (Å²) >= 11 is 0. The Balaban J connectivity index is 1.83. The number of aromatic amines is 1. The predicted molar refractivity (Wildman–Crippen MR) is 76.8 cm³/mol. The smallest absolute Gasteiger partial charge is 0.123 e. The van der Waals surface area contributed by atoms with Crippen LogP contribution in [0.3, 0.4) is 0 Å². The molecule has 1 aliphatic heterocycles. The third kappa shape index (κ3) is 2.52. The molecule has 0 saturated carbocycles. The average molecular weight is 260 g/mol. The molecule has 1 aromatic heterocycles. The van der Waals surface area contributed by atoms with Crippen LogP contribution in [0.5, 0.6) is 0 Å². The van der Waals surface area contributed by atoms with E-state index in [1.165, 1.54) is 44.0 Å². The van der Waals surface area contributed by atoms with Crippen LogP contribution in [0.25, 0.3) is 10.9 Å². The topological polar surface area (TPSA) is 19.0 Å². The minimum atomic E-state index is -0.148. The van der Waals surface area contributed by atoms with Crippen molar-refractivity contribution in [2.75, 3.05) is 13.1 Å². The zero-order valence-corrected chi connectivity index (χ0v) is 11.5. The molecule has 0 bridgehead atoms. The largest absolute Gasteiger partial charge is 0.361 e. The molecular weight excluding hydrogens is 239 g/mol. The fourth-order valence-electron chi connectivity index (χ4n) is 3.28. The minimum Gasteiger partial charge on any atom is -0.361 e. The van der Waals surface area contributed by atoms with Crippen molar-refractivity contribution in [1.29, 1.82) is 0 Å². The van der Waals surface area contributed by atoms with Crippen molar-refractivity contribution in [3.63, 3.8) is 0 Å². The summed E-state index contributed by atoms with van der Waals surface area (Å²) in [5.41, 5.74) is 2.29. The molecule has 3 rings (SSSR count). The lowest BCUT2D eigenvalue weighted by Crippen LogP contribution is -2.31. The Bertz CT molecular complexity index is 561. The van der Waals surface area contributed by atoms with Gasteiger partial charge in [-0.05, 0) is 62.5 Å². The highest BCUT2D eigenvalue weighted by molar-refractivity contribution is 5.83. The van der Waals surface area contributed by atoms with E-state index in [2.05, 4.69) is 16.8 Å². The van der Waals surface area contributed by atoms with E-state index < -0.39 is 0 Å². The van der Waals surface area contributed by atoms with Crippen LogP contribution in [0.1, 0.15) is 31.7 Å². The summed E-state index contributed by atoms with van der Waals surface area (Å²) in [4.78, 5) is 5.83. The lowest BCUT2D eigenvalue weighted by atomic mass is 10.0. The van der Waals surface area contributed by atoms with Crippen molar-refractivity contribution in [2.24, 2.45) is 0 Å². The molecule has 1 N–H and O–H groups in total. The van der Waals surface area contributed by atoms with E-state index in [-0.39, 0.29) is 5.82 Å². The molecule has 19 heavy (non-hydrogen) atoms. The molecule has 1 fully saturated rings. The van der Waals surface area contributed by atoms with Gasteiger partial charge in [-0.2, -0.15) is 0 Å². The zero-order valence-electron chi connectivity index (χ0n) is 11.5. The maximum Gasteiger partial charge on any atom is 0.123 e. The summed E-state index contributed by atoms with van der Waals surface area (Å²) in [5.74, 6) is -0.148. The summed E-state index contributed by atoms with van der Waals surface area (Å²) < 4.78 is 13.4. The van der Waals surface area contributed by atoms with Crippen LogP contribution in [0, 0.1) is 5.82 Å². The zero-order chi connectivity index (χ0) is 13.2. The Kier molecular flexibility index (Phi) is 3.56. The molecule has 2 heterocycles. The number of halogens is 1. The molecular formula is C16H21FN2. The average Bonchev–Trinajstić information content (AvgIpc) is 2.99. The van der Waals surface area contributed by atoms with E-state index in [1.54, 1.807) is 6.07 Å². The van der Waals surface area contributed by atoms with Gasteiger partial charge in [-0.1, -0.05) is 6.92 Å². The quantitative estimate of drug-likeness (QED) is 0.887. The standard InChI is InChI=1S/C16H21FN2/c1-2-7-19-8-3-4-14(19)9-12-11-18-16-6-5-13(17)10-15(12)16/h5-6,10-11,14,18H,2-4,7-9H2,1H3. The molecule has 0 radical (unpaired) electrons. The number of nitrogens with zero attached hydrogens (tertiary/aromatic N) is 1. The van der Waals surface area contributed by atoms with Crippen molar-refractivity contribution in [3.05, 3.63) is 35.8 Å². The second-order valence-corrected chi connectivity index (χ2v) is 5.54. The van der Waals surface area contributed by atoms with Crippen LogP contribution in [-0.2, 0) is 6.42 Å². The molecule has 1 aliphatic rings. The van der Waals surface area contributed by atoms with Crippen LogP contribution >= 0.6 is 0 Å². The fraction of sp³-hybridized carbons (Fsp3) is 0.500. The van der Waals surface area contributed by atoms with Crippen LogP contribution in [0.15, 0.2) is 24.4 Å². The van der Waals surface area contributed by atoms with Crippen molar-refractivity contribution >= 4 is 10.9 Å². The van der Waals surface area contributed by atoms with Gasteiger partial charge >= 0.3 is 0 Å². The van der Waals surface area contributed by atoms with Gasteiger partial charge in [0.25, 0.3) is 0 Å². The third-order valence-corrected chi connectivity index (χ3v) is 4.19. The van der Waals surface area contributed by atoms with Gasteiger partial charge in [0.05, 0.1) is 0 Å². The molecule has 0 amide bonds. The normalized spacial score (nSPS) is 20.4. The number of rotatable bonds is 4. The summed E-state index contributed by atoms with van der Waals surface area (Å²) in [6.45, 7) is 4.63. The first-order chi connectivity index (χ1) is 9.28. The molecule has 1 unspecified atom stereocenters. The highest BCUT2D eigenvalue weighted by Crippen LogP contribution is 2.26. The van der Waals surface area contributed by atoms with Gasteiger partial charge in [-0.25, -0.2) is 4.39 Å². The highest BCUT2D eigenvalue weighted by Gasteiger charge is 2.24. The monoisotopic (exact) mass is 260 g/mol. The van der Waals surface area contributed by atoms with E-state index in [9.17, 15) is 4.39 Å². The first kappa shape index (κ1) is 12.7. The number of benzene rings is 1. The van der Waals surface area contributed by atoms with Gasteiger partial charge in [-0.3, -0.25) is 0 Å². The van der Waals surface area contributed by atoms with Crippen molar-refractivity contribution in [1.82, 2.24) is 9.88 Å². The lowest BCUT2D eigenvalue weighted by Gasteiger charge is -2.23. The molecule has 3 heteroatoms. The van der Waals surface area contributed by atoms with Crippen molar-refractivity contribution in [3.8, 4) is 0 Å². The number of hydrogen-bond donors (Lipinski definition) is 1. The Labute approximate surface area is 113 Å². The van der Waals surface area contributed by atoms with Crippen LogP contribution < -0.4 is 0 Å². The molecule has 1 saturated heterocycles. The number of nitrogens with one attached hydrogen (secondary N) is 1. The second kappa shape index (κ2) is 5.33. The molecule has 2 nitrogen and oxygen atoms in total. The SMILES string of the molecule is CCCN1CCCC1Cc1c[nH]c2ccc(F)cc12. The lowest BCUT2D eigenvalue weighted by molar-refractivity contribution is 0.253. The number of likely N-dealkylation sites (tertiary alicyclic amines) is 1. The summed E-state index contributed by atoms with van der Waals surface area (Å²) in [7, 11) is 0. The van der Waals surface area contributed by atoms with Gasteiger partial charge in [0.1, 0.15) is 5.82 Å². The fourth-order valence-corrected chi connectivity index (χ4v) is 3.28. The molecule has 0 aliphatic carbocycles. The number of hydrogen-bond acceptors (Lipinski definition) is 1. The molecule has 2 aromatic rings. The van der Waals surface area contributed by atoms with Crippen molar-refractivity contribution < 1.29 is 4.39 Å². The van der Waals surface area contributed by atoms with Crippen LogP contribution in [-0.4, -0.2) is 29.0 Å². The van der Waals surface area contributed by atoms with Crippen LogP contribution in [0.4, 0.5) is 4.39 Å². The Morgan fingerprint density at radius 3 is 3.16 bits per heavy atom. The summed E-state index contributed by atoms with van der Waals surface area (Å²) in [6, 6.07) is 5.62. The van der Waals surface area contributed by atoms with E-state index in [4.69, 9.17) is 0 Å². The maximum atomic E-state index is 13.4. The van der Waals surface area contributed by atoms with Gasteiger partial charge < -0.3 is 9.88 Å². The Morgan fingerprint density at radius 1 is 1.42 bits per heavy atom. The third-order valence-electron chi connectivity index (χ3n) is 4.19. The summed E-state index contributed by atoms with van der Waals surface area (Å²) in [6.07, 6.45) is 6.85. The van der Waals surface area contributed by atoms with Gasteiger partial charge in [0, 0.05) is 23.1 Å². The second-order valence-electron chi connectivity index (χ2n) is 5.54. The van der Waals surface area contributed by atoms with Gasteiger partial charge in [-0.15, -0.1) is 0 Å². The van der Waals surface area contributed by atoms with E-state index in [1.807, 2.05) is 12.3 Å². The molecule has 0 spiro atoms. The summed E-state index contributed by atoms with van der Waals surface area (Å²) in [5, 5.41) is 1.04. The van der Waals surface area contributed by atoms with Gasteiger partial charge in [0.2, 0.25) is 0 Å². The minimum absolute atomic E-state index is 0.148. The Hall–Kier alpha value is -1.35. The molecule has 102 valence electrons. The number of fused-ring (bicyclic) bond motifs is 1. The van der Waals surface area contributed by atoms with E-state index in [0.717, 1.165) is 17.3 Å². The highest BCUT2D eigenvalue weighted by atomic mass is 19.1. The predicted octanol–water partition coefficient (Wildman–Crippen LogP) is 3.72. The first-order valence-corrected chi connectivity index (χ1v) is 7.27. The Morgan fingerprint density at radius 2 is 2.32 bits per heavy atom. The molecule has 1 atom stereocenters. The van der Waals surface area contributed by atoms with Crippen molar-refractivity contribution in [2.45, 2.75) is 38.6 Å². The maximum absolute atomic E-state index is 13.4. The molecule has 1 aromatic carbocycles. The van der Waals surface area contributed by atoms with E-state index >= 15 is 0 Å². The van der Waals surface area contributed by atoms with Crippen LogP contribution in [0.2, 0.25) is 0 Å². The number of H-pyrrole nitrogens is 1. The first-order valence-electron chi connectivity index (χ1n) is 7.27. The van der Waals surface area contributed by atoms with Gasteiger partial charge in [0.15, 0.2) is 0 Å². The van der Waals surface area contributed by atoms with E-state index in [0.29, 0.717) is 6.04 Å². The number of aromatic nitrogens is 1.